The number of amides is 1. The van der Waals surface area contributed by atoms with E-state index in [0.717, 1.165) is 11.0 Å². The van der Waals surface area contributed by atoms with Crippen molar-refractivity contribution < 1.29 is 19.4 Å². The Labute approximate surface area is 209 Å². The molecule has 0 spiro atoms. The molecule has 0 saturated carbocycles. The van der Waals surface area contributed by atoms with Gasteiger partial charge < -0.3 is 10.2 Å². The van der Waals surface area contributed by atoms with Crippen molar-refractivity contribution in [2.75, 3.05) is 0 Å². The molecule has 3 aromatic rings. The van der Waals surface area contributed by atoms with Crippen LogP contribution in [0.2, 0.25) is 5.02 Å². The second-order valence-corrected chi connectivity index (χ2v) is 9.30. The molecule has 35 heavy (non-hydrogen) atoms. The quantitative estimate of drug-likeness (QED) is 0.516. The van der Waals surface area contributed by atoms with E-state index in [9.17, 15) is 15.0 Å². The normalized spacial score (nSPS) is 16.9. The van der Waals surface area contributed by atoms with Crippen LogP contribution in [0.3, 0.4) is 0 Å². The molecule has 0 radical (unpaired) electrons. The van der Waals surface area contributed by atoms with Gasteiger partial charge in [-0.1, -0.05) is 44.0 Å². The molecule has 1 aliphatic rings. The largest absolute Gasteiger partial charge is 0.386 e. The molecule has 1 amide bonds. The number of carbonyl (C=O) groups excluding carboxylic acids is 1. The number of halogens is 2. The number of nitriles is 1. The van der Waals surface area contributed by atoms with Crippen LogP contribution in [0.5, 0.6) is 0 Å². The summed E-state index contributed by atoms with van der Waals surface area (Å²) in [5.41, 5.74) is -2.57. The minimum atomic E-state index is -2.13. The van der Waals surface area contributed by atoms with Crippen LogP contribution in [0.25, 0.3) is 0 Å². The Bertz CT molecular complexity index is 1270. The van der Waals surface area contributed by atoms with Crippen LogP contribution in [0.4, 0.5) is 4.39 Å². The van der Waals surface area contributed by atoms with Crippen molar-refractivity contribution in [2.45, 2.75) is 52.0 Å². The molecule has 182 valence electrons. The van der Waals surface area contributed by atoms with Gasteiger partial charge in [-0.3, -0.25) is 14.7 Å². The molecule has 2 heterocycles. The van der Waals surface area contributed by atoms with Gasteiger partial charge in [0.1, 0.15) is 11.9 Å². The van der Waals surface area contributed by atoms with Gasteiger partial charge in [-0.15, -0.1) is 0 Å². The number of hydrogen-bond donors (Lipinski definition) is 2. The highest BCUT2D eigenvalue weighted by Crippen LogP contribution is 2.45. The molecule has 1 atom stereocenters. The minimum absolute atomic E-state index is 0.0479. The van der Waals surface area contributed by atoms with E-state index in [4.69, 9.17) is 16.9 Å². The smallest absolute Gasteiger partial charge is 0.257 e. The lowest BCUT2D eigenvalue weighted by molar-refractivity contribution is -0.0567. The summed E-state index contributed by atoms with van der Waals surface area (Å²) in [6.45, 7) is 7.07. The van der Waals surface area contributed by atoms with Gasteiger partial charge in [0, 0.05) is 16.8 Å². The summed E-state index contributed by atoms with van der Waals surface area (Å²) in [5.74, 6) is -1.44. The fourth-order valence-electron chi connectivity index (χ4n) is 3.83. The predicted octanol–water partition coefficient (Wildman–Crippen LogP) is 5.24. The molecule has 0 bridgehead atoms. The van der Waals surface area contributed by atoms with Crippen LogP contribution >= 0.6 is 11.6 Å². The monoisotopic (exact) mass is 495 g/mol. The summed E-state index contributed by atoms with van der Waals surface area (Å²) in [7, 11) is 0. The highest BCUT2D eigenvalue weighted by Gasteiger charge is 2.52. The average molecular weight is 496 g/mol. The van der Waals surface area contributed by atoms with Crippen LogP contribution in [0.1, 0.15) is 72.4 Å². The molecule has 0 aliphatic carbocycles. The Balaban J connectivity index is 0.00000108. The van der Waals surface area contributed by atoms with E-state index in [1.807, 2.05) is 6.07 Å². The SMILES string of the molecule is CC(C)(O)c1cc(F)c2c(c1)C(=O)N(Cc1ccc(C#N)cn1)[C@@]2(O)c1ccc(Cl)cc1.CCC. The summed E-state index contributed by atoms with van der Waals surface area (Å²) in [4.78, 5) is 18.7. The first-order valence-corrected chi connectivity index (χ1v) is 11.6. The van der Waals surface area contributed by atoms with Crippen molar-refractivity contribution in [3.05, 3.63) is 99.1 Å². The lowest BCUT2D eigenvalue weighted by atomic mass is 9.89. The maximum Gasteiger partial charge on any atom is 0.257 e. The second kappa shape index (κ2) is 10.1. The molecule has 6 nitrogen and oxygen atoms in total. The third-order valence-corrected chi connectivity index (χ3v) is 5.78. The van der Waals surface area contributed by atoms with Gasteiger partial charge in [-0.05, 0) is 55.8 Å². The fraction of sp³-hybridized carbons (Fsp3) is 0.296. The zero-order valence-electron chi connectivity index (χ0n) is 20.0. The molecule has 4 rings (SSSR count). The number of benzene rings is 2. The molecule has 0 fully saturated rings. The number of aromatic nitrogens is 1. The molecule has 8 heteroatoms. The van der Waals surface area contributed by atoms with E-state index in [1.165, 1.54) is 44.7 Å². The highest BCUT2D eigenvalue weighted by molar-refractivity contribution is 6.30. The van der Waals surface area contributed by atoms with Gasteiger partial charge in [0.05, 0.1) is 34.5 Å². The zero-order chi connectivity index (χ0) is 26.0. The summed E-state index contributed by atoms with van der Waals surface area (Å²) in [5, 5.41) is 31.6. The summed E-state index contributed by atoms with van der Waals surface area (Å²) in [6, 6.07) is 13.7. The highest BCUT2D eigenvalue weighted by atomic mass is 35.5. The lowest BCUT2D eigenvalue weighted by Gasteiger charge is -2.35. The number of hydrogen-bond acceptors (Lipinski definition) is 5. The predicted molar refractivity (Wildman–Crippen MR) is 131 cm³/mol. The van der Waals surface area contributed by atoms with Gasteiger partial charge in [-0.25, -0.2) is 4.39 Å². The first-order valence-electron chi connectivity index (χ1n) is 11.2. The van der Waals surface area contributed by atoms with Crippen molar-refractivity contribution in [2.24, 2.45) is 0 Å². The second-order valence-electron chi connectivity index (χ2n) is 8.87. The average Bonchev–Trinajstić information content (AvgIpc) is 3.03. The number of nitrogens with zero attached hydrogens (tertiary/aromatic N) is 3. The van der Waals surface area contributed by atoms with Crippen molar-refractivity contribution in [1.29, 1.82) is 5.26 Å². The Hall–Kier alpha value is -3.31. The van der Waals surface area contributed by atoms with Crippen molar-refractivity contribution in [1.82, 2.24) is 9.88 Å². The molecular formula is C27H27ClFN3O3. The third-order valence-electron chi connectivity index (χ3n) is 5.53. The molecule has 0 unspecified atom stereocenters. The van der Waals surface area contributed by atoms with E-state index in [1.54, 1.807) is 24.3 Å². The maximum absolute atomic E-state index is 15.4. The van der Waals surface area contributed by atoms with Gasteiger partial charge >= 0.3 is 0 Å². The van der Waals surface area contributed by atoms with Crippen LogP contribution in [-0.4, -0.2) is 26.0 Å². The summed E-state index contributed by atoms with van der Waals surface area (Å²) < 4.78 is 15.4. The number of fused-ring (bicyclic) bond motifs is 1. The van der Waals surface area contributed by atoms with E-state index in [-0.39, 0.29) is 28.8 Å². The van der Waals surface area contributed by atoms with E-state index in [2.05, 4.69) is 18.8 Å². The fourth-order valence-corrected chi connectivity index (χ4v) is 3.95. The minimum Gasteiger partial charge on any atom is -0.386 e. The first kappa shape index (κ1) is 26.3. The van der Waals surface area contributed by atoms with Gasteiger partial charge in [0.25, 0.3) is 5.91 Å². The van der Waals surface area contributed by atoms with Crippen LogP contribution in [0.15, 0.2) is 54.7 Å². The Morgan fingerprint density at radius 1 is 1.17 bits per heavy atom. The molecule has 2 aromatic carbocycles. The first-order chi connectivity index (χ1) is 16.5. The molecule has 1 aromatic heterocycles. The number of rotatable bonds is 4. The summed E-state index contributed by atoms with van der Waals surface area (Å²) >= 11 is 5.99. The Morgan fingerprint density at radius 3 is 2.31 bits per heavy atom. The van der Waals surface area contributed by atoms with E-state index in [0.29, 0.717) is 16.3 Å². The maximum atomic E-state index is 15.4. The van der Waals surface area contributed by atoms with Gasteiger partial charge in [0.2, 0.25) is 0 Å². The number of carbonyl (C=O) groups is 1. The van der Waals surface area contributed by atoms with Crippen molar-refractivity contribution >= 4 is 17.5 Å². The Kier molecular flexibility index (Phi) is 7.61. The standard InChI is InChI=1S/C24H19ClFN3O3.C3H8/c1-23(2,31)16-9-19-21(20(26)10-16)24(32,15-4-6-17(25)7-5-15)29(22(19)30)13-18-8-3-14(11-27)12-28-18;1-3-2/h3-10,12,31-32H,13H2,1-2H3;3H2,1-2H3/t24-;/m1./s1. The van der Waals surface area contributed by atoms with Crippen molar-refractivity contribution in [3.63, 3.8) is 0 Å². The molecule has 1 aliphatic heterocycles. The number of aliphatic hydroxyl groups is 2. The van der Waals surface area contributed by atoms with Gasteiger partial charge in [0.15, 0.2) is 5.72 Å². The Morgan fingerprint density at radius 2 is 1.80 bits per heavy atom. The topological polar surface area (TPSA) is 97.5 Å². The van der Waals surface area contributed by atoms with Gasteiger partial charge in [-0.2, -0.15) is 5.26 Å². The third kappa shape index (κ3) is 5.06. The summed E-state index contributed by atoms with van der Waals surface area (Å²) in [6.07, 6.45) is 2.61. The van der Waals surface area contributed by atoms with Crippen LogP contribution in [-0.2, 0) is 17.9 Å². The van der Waals surface area contributed by atoms with Crippen LogP contribution < -0.4 is 0 Å². The lowest BCUT2D eigenvalue weighted by Crippen LogP contribution is -2.44. The van der Waals surface area contributed by atoms with E-state index >= 15 is 4.39 Å². The number of pyridine rings is 1. The molecular weight excluding hydrogens is 469 g/mol. The molecule has 0 saturated heterocycles. The van der Waals surface area contributed by atoms with E-state index < -0.39 is 23.1 Å². The molecule has 2 N–H and O–H groups in total. The van der Waals surface area contributed by atoms with Crippen molar-refractivity contribution in [3.8, 4) is 6.07 Å². The van der Waals surface area contributed by atoms with Crippen LogP contribution in [0, 0.1) is 17.1 Å². The zero-order valence-corrected chi connectivity index (χ0v) is 20.8.